The maximum absolute atomic E-state index is 5.97. The molecule has 2 nitrogen and oxygen atoms in total. The predicted molar refractivity (Wildman–Crippen MR) is 96.7 cm³/mol. The molecule has 0 bridgehead atoms. The third kappa shape index (κ3) is 6.45. The van der Waals surface area contributed by atoms with Crippen LogP contribution >= 0.6 is 23.4 Å². The smallest absolute Gasteiger partial charge is 0.0945 e. The molecule has 1 aromatic carbocycles. The third-order valence-electron chi connectivity index (χ3n) is 3.75. The zero-order valence-electron chi connectivity index (χ0n) is 13.2. The van der Waals surface area contributed by atoms with Crippen LogP contribution in [0.25, 0.3) is 0 Å². The van der Waals surface area contributed by atoms with Crippen molar-refractivity contribution in [3.63, 3.8) is 0 Å². The molecule has 1 aromatic heterocycles. The van der Waals surface area contributed by atoms with E-state index < -0.39 is 0 Å². The van der Waals surface area contributed by atoms with Gasteiger partial charge in [-0.15, -0.1) is 11.8 Å². The maximum atomic E-state index is 5.97. The van der Waals surface area contributed by atoms with Gasteiger partial charge in [0, 0.05) is 34.1 Å². The highest BCUT2D eigenvalue weighted by atomic mass is 35.5. The molecule has 0 fully saturated rings. The van der Waals surface area contributed by atoms with Crippen molar-refractivity contribution in [1.29, 1.82) is 0 Å². The van der Waals surface area contributed by atoms with Gasteiger partial charge >= 0.3 is 0 Å². The van der Waals surface area contributed by atoms with Crippen molar-refractivity contribution in [1.82, 2.24) is 9.55 Å². The molecule has 0 aliphatic carbocycles. The first kappa shape index (κ1) is 17.4. The quantitative estimate of drug-likeness (QED) is 0.388. The van der Waals surface area contributed by atoms with E-state index in [9.17, 15) is 0 Å². The summed E-state index contributed by atoms with van der Waals surface area (Å²) in [6.07, 6.45) is 13.5. The Bertz CT molecular complexity index is 510. The minimum Gasteiger partial charge on any atom is -0.337 e. The van der Waals surface area contributed by atoms with E-state index in [-0.39, 0.29) is 0 Å². The second-order valence-electron chi connectivity index (χ2n) is 5.63. The summed E-state index contributed by atoms with van der Waals surface area (Å²) < 4.78 is 2.16. The van der Waals surface area contributed by atoms with Gasteiger partial charge in [0.05, 0.1) is 6.33 Å². The highest BCUT2D eigenvalue weighted by Gasteiger charge is 2.10. The van der Waals surface area contributed by atoms with E-state index in [1.165, 1.54) is 43.4 Å². The fourth-order valence-corrected chi connectivity index (χ4v) is 3.88. The Morgan fingerprint density at radius 2 is 1.91 bits per heavy atom. The van der Waals surface area contributed by atoms with Crippen LogP contribution in [-0.4, -0.2) is 14.8 Å². The molecule has 0 saturated carbocycles. The molecule has 0 amide bonds. The molecule has 2 aromatic rings. The van der Waals surface area contributed by atoms with Gasteiger partial charge in [-0.3, -0.25) is 0 Å². The topological polar surface area (TPSA) is 17.8 Å². The lowest BCUT2D eigenvalue weighted by molar-refractivity contribution is 0.559. The predicted octanol–water partition coefficient (Wildman–Crippen LogP) is 6.06. The monoisotopic (exact) mass is 336 g/mol. The van der Waals surface area contributed by atoms with Crippen molar-refractivity contribution < 1.29 is 0 Å². The van der Waals surface area contributed by atoms with Crippen LogP contribution < -0.4 is 0 Å². The summed E-state index contributed by atoms with van der Waals surface area (Å²) in [6.45, 7) is 3.33. The van der Waals surface area contributed by atoms with Gasteiger partial charge < -0.3 is 4.57 Å². The van der Waals surface area contributed by atoms with Crippen LogP contribution in [0.5, 0.6) is 0 Å². The molecule has 0 radical (unpaired) electrons. The number of unbranched alkanes of at least 4 members (excludes halogenated alkanes) is 2. The van der Waals surface area contributed by atoms with Gasteiger partial charge in [-0.2, -0.15) is 0 Å². The van der Waals surface area contributed by atoms with Crippen molar-refractivity contribution in [2.24, 2.45) is 0 Å². The van der Waals surface area contributed by atoms with Gasteiger partial charge in [0.1, 0.15) is 0 Å². The average Bonchev–Trinajstić information content (AvgIpc) is 3.03. The van der Waals surface area contributed by atoms with Gasteiger partial charge in [-0.05, 0) is 43.5 Å². The first-order valence-corrected chi connectivity index (χ1v) is 9.41. The molecule has 0 aliphatic rings. The number of imidazole rings is 1. The van der Waals surface area contributed by atoms with Crippen LogP contribution in [0.4, 0.5) is 0 Å². The van der Waals surface area contributed by atoms with E-state index in [0.717, 1.165) is 11.6 Å². The molecular formula is C18H25ClN2S. The van der Waals surface area contributed by atoms with E-state index in [4.69, 9.17) is 11.6 Å². The Morgan fingerprint density at radius 1 is 1.14 bits per heavy atom. The zero-order valence-corrected chi connectivity index (χ0v) is 14.8. The number of rotatable bonds is 10. The van der Waals surface area contributed by atoms with Crippen LogP contribution in [0, 0.1) is 0 Å². The van der Waals surface area contributed by atoms with Gasteiger partial charge in [-0.25, -0.2) is 4.98 Å². The van der Waals surface area contributed by atoms with Crippen molar-refractivity contribution in [2.45, 2.75) is 62.1 Å². The molecule has 0 N–H and O–H groups in total. The minimum atomic E-state index is 0.691. The zero-order chi connectivity index (χ0) is 15.6. The Hall–Kier alpha value is -0.930. The summed E-state index contributed by atoms with van der Waals surface area (Å²) in [5.74, 6) is 0. The second kappa shape index (κ2) is 9.96. The van der Waals surface area contributed by atoms with Crippen molar-refractivity contribution in [3.05, 3.63) is 48.0 Å². The van der Waals surface area contributed by atoms with Gasteiger partial charge in [0.2, 0.25) is 0 Å². The number of benzene rings is 1. The Morgan fingerprint density at radius 3 is 2.59 bits per heavy atom. The normalized spacial score (nSPS) is 12.5. The van der Waals surface area contributed by atoms with E-state index in [2.05, 4.69) is 28.6 Å². The van der Waals surface area contributed by atoms with E-state index in [1.807, 2.05) is 42.6 Å². The number of aryl methyl sites for hydroxylation is 1. The molecule has 1 unspecified atom stereocenters. The Labute approximate surface area is 143 Å². The number of thioether (sulfide) groups is 1. The molecular weight excluding hydrogens is 312 g/mol. The third-order valence-corrected chi connectivity index (χ3v) is 5.35. The molecule has 0 aliphatic heterocycles. The largest absolute Gasteiger partial charge is 0.337 e. The van der Waals surface area contributed by atoms with Crippen LogP contribution in [0.3, 0.4) is 0 Å². The van der Waals surface area contributed by atoms with Crippen molar-refractivity contribution >= 4 is 23.4 Å². The van der Waals surface area contributed by atoms with Crippen molar-refractivity contribution in [3.8, 4) is 0 Å². The van der Waals surface area contributed by atoms with E-state index >= 15 is 0 Å². The Balaban J connectivity index is 1.82. The van der Waals surface area contributed by atoms with Gasteiger partial charge in [0.25, 0.3) is 0 Å². The molecule has 22 heavy (non-hydrogen) atoms. The highest BCUT2D eigenvalue weighted by molar-refractivity contribution is 8.00. The lowest BCUT2D eigenvalue weighted by Crippen LogP contribution is -2.05. The number of halogens is 1. The lowest BCUT2D eigenvalue weighted by Gasteiger charge is -2.17. The van der Waals surface area contributed by atoms with E-state index in [0.29, 0.717) is 5.25 Å². The van der Waals surface area contributed by atoms with Gasteiger partial charge in [-0.1, -0.05) is 37.8 Å². The fraction of sp³-hybridized carbons (Fsp3) is 0.500. The van der Waals surface area contributed by atoms with Gasteiger partial charge in [0.15, 0.2) is 0 Å². The summed E-state index contributed by atoms with van der Waals surface area (Å²) >= 11 is 7.97. The number of hydrogen-bond donors (Lipinski definition) is 0. The first-order chi connectivity index (χ1) is 10.8. The first-order valence-electron chi connectivity index (χ1n) is 8.16. The molecule has 0 saturated heterocycles. The lowest BCUT2D eigenvalue weighted by atomic mass is 10.1. The average molecular weight is 337 g/mol. The molecule has 0 spiro atoms. The summed E-state index contributed by atoms with van der Waals surface area (Å²) in [4.78, 5) is 5.43. The van der Waals surface area contributed by atoms with E-state index in [1.54, 1.807) is 0 Å². The molecule has 4 heteroatoms. The van der Waals surface area contributed by atoms with Crippen LogP contribution in [0.2, 0.25) is 5.02 Å². The highest BCUT2D eigenvalue weighted by Crippen LogP contribution is 2.30. The second-order valence-corrected chi connectivity index (χ2v) is 7.44. The molecule has 2 rings (SSSR count). The summed E-state index contributed by atoms with van der Waals surface area (Å²) in [7, 11) is 0. The standard InChI is InChI=1S/C18H25ClN2S/c1-2-3-4-6-17(7-5-13-21-14-12-20-15-21)22-18-10-8-16(19)9-11-18/h8-12,14-15,17H,2-7,13H2,1H3. The van der Waals surface area contributed by atoms with Crippen LogP contribution in [-0.2, 0) is 6.54 Å². The summed E-state index contributed by atoms with van der Waals surface area (Å²) in [5, 5.41) is 1.50. The van der Waals surface area contributed by atoms with Crippen molar-refractivity contribution in [2.75, 3.05) is 0 Å². The molecule has 1 atom stereocenters. The molecule has 120 valence electrons. The minimum absolute atomic E-state index is 0.691. The number of hydrogen-bond acceptors (Lipinski definition) is 2. The Kier molecular flexibility index (Phi) is 7.89. The fourth-order valence-electron chi connectivity index (χ4n) is 2.51. The number of nitrogens with zero attached hydrogens (tertiary/aromatic N) is 2. The number of aromatic nitrogens is 2. The van der Waals surface area contributed by atoms with Crippen LogP contribution in [0.15, 0.2) is 47.9 Å². The summed E-state index contributed by atoms with van der Waals surface area (Å²) in [5.41, 5.74) is 0. The van der Waals surface area contributed by atoms with Crippen LogP contribution in [0.1, 0.15) is 45.4 Å². The maximum Gasteiger partial charge on any atom is 0.0945 e. The summed E-state index contributed by atoms with van der Waals surface area (Å²) in [6, 6.07) is 8.24. The molecule has 1 heterocycles. The SMILES string of the molecule is CCCCCC(CCCn1ccnc1)Sc1ccc(Cl)cc1.